The van der Waals surface area contributed by atoms with E-state index in [0.29, 0.717) is 24.3 Å². The lowest BCUT2D eigenvalue weighted by atomic mass is 10.1. The summed E-state index contributed by atoms with van der Waals surface area (Å²) in [7, 11) is 0. The molecule has 1 aliphatic heterocycles. The summed E-state index contributed by atoms with van der Waals surface area (Å²) in [6.07, 6.45) is 2.03. The highest BCUT2D eigenvalue weighted by molar-refractivity contribution is 6.22. The molecule has 0 radical (unpaired) electrons. The van der Waals surface area contributed by atoms with Gasteiger partial charge in [-0.05, 0) is 42.5 Å². The first-order valence-corrected chi connectivity index (χ1v) is 9.84. The number of amides is 3. The number of furan rings is 1. The average Bonchev–Trinajstić information content (AvgIpc) is 3.49. The molecule has 154 valence electrons. The Morgan fingerprint density at radius 1 is 1.03 bits per heavy atom. The Morgan fingerprint density at radius 3 is 2.68 bits per heavy atom. The molecule has 31 heavy (non-hydrogen) atoms. The third-order valence-electron chi connectivity index (χ3n) is 5.21. The van der Waals surface area contributed by atoms with Gasteiger partial charge in [0.2, 0.25) is 0 Å². The van der Waals surface area contributed by atoms with Crippen molar-refractivity contribution < 1.29 is 18.8 Å². The van der Waals surface area contributed by atoms with E-state index in [4.69, 9.17) is 4.42 Å². The molecule has 5 rings (SSSR count). The number of rotatable bonds is 6. The number of carbonyl (C=O) groups is 3. The van der Waals surface area contributed by atoms with Crippen LogP contribution in [-0.2, 0) is 13.0 Å². The molecule has 2 aromatic carbocycles. The number of nitrogens with one attached hydrogen (secondary N) is 2. The van der Waals surface area contributed by atoms with E-state index in [1.165, 1.54) is 18.4 Å². The molecule has 0 saturated heterocycles. The number of aromatic amines is 1. The summed E-state index contributed by atoms with van der Waals surface area (Å²) in [5.41, 5.74) is 2.66. The van der Waals surface area contributed by atoms with Crippen LogP contribution in [0.25, 0.3) is 11.0 Å². The molecular weight excluding hydrogens is 396 g/mol. The van der Waals surface area contributed by atoms with Crippen molar-refractivity contribution in [1.29, 1.82) is 0 Å². The summed E-state index contributed by atoms with van der Waals surface area (Å²) in [6.45, 7) is 0.436. The summed E-state index contributed by atoms with van der Waals surface area (Å²) in [5, 5.41) is 2.83. The minimum Gasteiger partial charge on any atom is -0.467 e. The molecule has 0 unspecified atom stereocenters. The van der Waals surface area contributed by atoms with Gasteiger partial charge in [-0.3, -0.25) is 19.3 Å². The average molecular weight is 414 g/mol. The van der Waals surface area contributed by atoms with Crippen molar-refractivity contribution in [2.24, 2.45) is 0 Å². The molecular formula is C23H18N4O4. The number of imidazole rings is 1. The van der Waals surface area contributed by atoms with Gasteiger partial charge in [-0.1, -0.05) is 12.1 Å². The summed E-state index contributed by atoms with van der Waals surface area (Å²) in [5.74, 6) is 0.146. The van der Waals surface area contributed by atoms with Crippen molar-refractivity contribution in [2.45, 2.75) is 13.0 Å². The Morgan fingerprint density at radius 2 is 1.87 bits per heavy atom. The number of benzene rings is 2. The Hall–Kier alpha value is -4.20. The predicted octanol–water partition coefficient (Wildman–Crippen LogP) is 2.92. The van der Waals surface area contributed by atoms with Gasteiger partial charge >= 0.3 is 0 Å². The van der Waals surface area contributed by atoms with Crippen molar-refractivity contribution >= 4 is 28.8 Å². The van der Waals surface area contributed by atoms with Crippen molar-refractivity contribution in [3.05, 3.63) is 89.1 Å². The van der Waals surface area contributed by atoms with Gasteiger partial charge in [0.1, 0.15) is 11.6 Å². The second-order valence-corrected chi connectivity index (χ2v) is 7.24. The monoisotopic (exact) mass is 414 g/mol. The zero-order valence-corrected chi connectivity index (χ0v) is 16.4. The minimum absolute atomic E-state index is 0.0539. The second-order valence-electron chi connectivity index (χ2n) is 7.24. The second kappa shape index (κ2) is 7.56. The molecule has 0 bridgehead atoms. The fraction of sp³-hybridized carbons (Fsp3) is 0.130. The molecule has 3 heterocycles. The number of aromatic nitrogens is 2. The number of H-pyrrole nitrogens is 1. The van der Waals surface area contributed by atoms with Gasteiger partial charge in [-0.2, -0.15) is 0 Å². The first kappa shape index (κ1) is 18.8. The van der Waals surface area contributed by atoms with Crippen LogP contribution < -0.4 is 5.32 Å². The third-order valence-corrected chi connectivity index (χ3v) is 5.21. The summed E-state index contributed by atoms with van der Waals surface area (Å²) < 4.78 is 5.23. The smallest absolute Gasteiger partial charge is 0.261 e. The number of carbonyl (C=O) groups excluding carboxylic acids is 3. The van der Waals surface area contributed by atoms with E-state index in [1.807, 2.05) is 24.3 Å². The first-order valence-electron chi connectivity index (χ1n) is 9.84. The molecule has 0 atom stereocenters. The van der Waals surface area contributed by atoms with Crippen molar-refractivity contribution in [3.63, 3.8) is 0 Å². The van der Waals surface area contributed by atoms with Crippen LogP contribution in [0.4, 0.5) is 0 Å². The fourth-order valence-electron chi connectivity index (χ4n) is 3.65. The molecule has 0 spiro atoms. The van der Waals surface area contributed by atoms with E-state index >= 15 is 0 Å². The highest BCUT2D eigenvalue weighted by atomic mass is 16.3. The van der Waals surface area contributed by atoms with Gasteiger partial charge in [0.25, 0.3) is 17.7 Å². The Labute approximate surface area is 176 Å². The molecule has 8 nitrogen and oxygen atoms in total. The number of hydrogen-bond acceptors (Lipinski definition) is 5. The normalized spacial score (nSPS) is 13.1. The van der Waals surface area contributed by atoms with Crippen molar-refractivity contribution in [1.82, 2.24) is 20.2 Å². The molecule has 1 aliphatic rings. The largest absolute Gasteiger partial charge is 0.467 e. The van der Waals surface area contributed by atoms with Gasteiger partial charge in [0.05, 0.1) is 35.0 Å². The summed E-state index contributed by atoms with van der Waals surface area (Å²) in [4.78, 5) is 46.7. The van der Waals surface area contributed by atoms with Gasteiger partial charge in [0, 0.05) is 18.5 Å². The molecule has 2 aromatic heterocycles. The van der Waals surface area contributed by atoms with E-state index < -0.39 is 11.8 Å². The van der Waals surface area contributed by atoms with E-state index in [9.17, 15) is 14.4 Å². The number of nitrogens with zero attached hydrogens (tertiary/aromatic N) is 2. The highest BCUT2D eigenvalue weighted by Gasteiger charge is 2.36. The van der Waals surface area contributed by atoms with Crippen LogP contribution in [0.2, 0.25) is 0 Å². The number of para-hydroxylation sites is 2. The first-order chi connectivity index (χ1) is 15.1. The van der Waals surface area contributed by atoms with Gasteiger partial charge in [0.15, 0.2) is 0 Å². The van der Waals surface area contributed by atoms with Crippen molar-refractivity contribution in [2.75, 3.05) is 6.54 Å². The Bertz CT molecular complexity index is 1270. The lowest BCUT2D eigenvalue weighted by molar-refractivity contribution is 0.0631. The van der Waals surface area contributed by atoms with E-state index in [-0.39, 0.29) is 23.6 Å². The Kier molecular flexibility index (Phi) is 4.59. The van der Waals surface area contributed by atoms with E-state index in [1.54, 1.807) is 18.2 Å². The molecule has 0 aliphatic carbocycles. The predicted molar refractivity (Wildman–Crippen MR) is 111 cm³/mol. The summed E-state index contributed by atoms with van der Waals surface area (Å²) in [6, 6.07) is 15.7. The number of fused-ring (bicyclic) bond motifs is 2. The minimum atomic E-state index is -0.437. The van der Waals surface area contributed by atoms with Gasteiger partial charge in [-0.15, -0.1) is 0 Å². The van der Waals surface area contributed by atoms with E-state index in [0.717, 1.165) is 21.8 Å². The zero-order chi connectivity index (χ0) is 21.4. The lowest BCUT2D eigenvalue weighted by Gasteiger charge is -2.11. The maximum Gasteiger partial charge on any atom is 0.261 e. The standard InChI is InChI=1S/C23H18N4O4/c28-21(24-10-9-20-25-18-5-1-2-6-19(18)26-20)14-7-8-16-17(12-14)23(30)27(22(16)29)13-15-4-3-11-31-15/h1-8,11-12H,9-10,13H2,(H,24,28)(H,25,26). The highest BCUT2D eigenvalue weighted by Crippen LogP contribution is 2.25. The van der Waals surface area contributed by atoms with Gasteiger partial charge < -0.3 is 14.7 Å². The Balaban J connectivity index is 1.25. The number of imide groups is 1. The quantitative estimate of drug-likeness (QED) is 0.472. The third kappa shape index (κ3) is 3.48. The van der Waals surface area contributed by atoms with Crippen LogP contribution in [0.5, 0.6) is 0 Å². The molecule has 0 fully saturated rings. The van der Waals surface area contributed by atoms with Crippen LogP contribution in [0.15, 0.2) is 65.3 Å². The van der Waals surface area contributed by atoms with Crippen LogP contribution >= 0.6 is 0 Å². The maximum atomic E-state index is 12.7. The number of hydrogen-bond donors (Lipinski definition) is 2. The fourth-order valence-corrected chi connectivity index (χ4v) is 3.65. The molecule has 2 N–H and O–H groups in total. The zero-order valence-electron chi connectivity index (χ0n) is 16.4. The molecule has 4 aromatic rings. The van der Waals surface area contributed by atoms with E-state index in [2.05, 4.69) is 15.3 Å². The van der Waals surface area contributed by atoms with Crippen LogP contribution in [0.1, 0.15) is 42.7 Å². The topological polar surface area (TPSA) is 108 Å². The van der Waals surface area contributed by atoms with Crippen LogP contribution in [0.3, 0.4) is 0 Å². The maximum absolute atomic E-state index is 12.7. The SMILES string of the molecule is O=C(NCCc1nc2ccccc2[nH]1)c1ccc2c(c1)C(=O)N(Cc1ccco1)C2=O. The molecule has 0 saturated carbocycles. The summed E-state index contributed by atoms with van der Waals surface area (Å²) >= 11 is 0. The van der Waals surface area contributed by atoms with Crippen LogP contribution in [0, 0.1) is 0 Å². The lowest BCUT2D eigenvalue weighted by Crippen LogP contribution is -2.28. The van der Waals surface area contributed by atoms with Crippen LogP contribution in [-0.4, -0.2) is 39.1 Å². The molecule has 8 heteroatoms. The van der Waals surface area contributed by atoms with Crippen molar-refractivity contribution in [3.8, 4) is 0 Å². The molecule has 3 amide bonds. The van der Waals surface area contributed by atoms with Gasteiger partial charge in [-0.25, -0.2) is 4.98 Å².